The van der Waals surface area contributed by atoms with Gasteiger partial charge in [-0.2, -0.15) is 8.42 Å². The van der Waals surface area contributed by atoms with Crippen LogP contribution >= 0.6 is 0 Å². The molecule has 1 N–H and O–H groups in total. The third kappa shape index (κ3) is 7.51. The van der Waals surface area contributed by atoms with Gasteiger partial charge in [-0.25, -0.2) is 14.4 Å². The summed E-state index contributed by atoms with van der Waals surface area (Å²) >= 11 is 0. The van der Waals surface area contributed by atoms with Gasteiger partial charge >= 0.3 is 0 Å². The largest absolute Gasteiger partial charge is 0.494 e. The number of ether oxygens (including phenoxy) is 3. The highest BCUT2D eigenvalue weighted by Crippen LogP contribution is 2.24. The first-order valence-electron chi connectivity index (χ1n) is 13.5. The van der Waals surface area contributed by atoms with Crippen LogP contribution in [0.3, 0.4) is 0 Å². The summed E-state index contributed by atoms with van der Waals surface area (Å²) < 4.78 is 60.4. The van der Waals surface area contributed by atoms with Gasteiger partial charge in [-0.15, -0.1) is 0 Å². The highest BCUT2D eigenvalue weighted by molar-refractivity contribution is 7.86. The minimum atomic E-state index is -3.92. The van der Waals surface area contributed by atoms with Crippen LogP contribution in [0.4, 0.5) is 4.39 Å². The van der Waals surface area contributed by atoms with E-state index in [2.05, 4.69) is 20.4 Å². The Labute approximate surface area is 248 Å². The molecule has 0 saturated carbocycles. The van der Waals surface area contributed by atoms with Crippen LogP contribution in [0.1, 0.15) is 39.6 Å². The van der Waals surface area contributed by atoms with E-state index in [-0.39, 0.29) is 42.7 Å². The first-order chi connectivity index (χ1) is 20.6. The summed E-state index contributed by atoms with van der Waals surface area (Å²) in [5.41, 5.74) is 2.70. The molecule has 3 aromatic rings. The summed E-state index contributed by atoms with van der Waals surface area (Å²) in [4.78, 5) is 27.2. The van der Waals surface area contributed by atoms with Crippen molar-refractivity contribution < 1.29 is 40.8 Å². The number of oxime groups is 1. The van der Waals surface area contributed by atoms with Crippen molar-refractivity contribution in [3.8, 4) is 5.75 Å². The van der Waals surface area contributed by atoms with Crippen LogP contribution in [-0.4, -0.2) is 75.2 Å². The number of methoxy groups -OCH3 is 1. The third-order valence-electron chi connectivity index (χ3n) is 6.85. The molecule has 1 fully saturated rings. The molecular weight excluding hydrogens is 583 g/mol. The van der Waals surface area contributed by atoms with E-state index in [1.54, 1.807) is 25.1 Å². The first kappa shape index (κ1) is 30.5. The minimum absolute atomic E-state index is 0.0749. The van der Waals surface area contributed by atoms with Crippen LogP contribution in [0.25, 0.3) is 0 Å². The zero-order valence-corrected chi connectivity index (χ0v) is 24.6. The average Bonchev–Trinajstić information content (AvgIpc) is 3.50. The normalized spacial score (nSPS) is 20.3. The van der Waals surface area contributed by atoms with Crippen LogP contribution in [0.5, 0.6) is 5.75 Å². The van der Waals surface area contributed by atoms with Crippen molar-refractivity contribution in [3.05, 3.63) is 82.7 Å². The van der Waals surface area contributed by atoms with Crippen LogP contribution < -0.4 is 10.1 Å². The lowest BCUT2D eigenvalue weighted by Gasteiger charge is -2.31. The second-order valence-corrected chi connectivity index (χ2v) is 11.7. The molecule has 228 valence electrons. The average molecular weight is 615 g/mol. The SMILES string of the molecule is COc1cc(CNC(=O)c2cc(C3=NOC(C4COC(COS(=O)(=O)c5ccc(C)cc5)CO4)C3)nc(C)n2)ccc1F. The Bertz CT molecular complexity index is 1610. The number of nitrogens with zero attached hydrogens (tertiary/aromatic N) is 3. The monoisotopic (exact) mass is 614 g/mol. The summed E-state index contributed by atoms with van der Waals surface area (Å²) in [5, 5.41) is 6.92. The van der Waals surface area contributed by atoms with Crippen molar-refractivity contribution in [2.45, 2.75) is 50.0 Å². The summed E-state index contributed by atoms with van der Waals surface area (Å²) in [5.74, 6) is -0.469. The van der Waals surface area contributed by atoms with Crippen LogP contribution in [0, 0.1) is 19.7 Å². The Morgan fingerprint density at radius 1 is 1.05 bits per heavy atom. The van der Waals surface area contributed by atoms with Gasteiger partial charge in [0.2, 0.25) is 0 Å². The molecule has 2 aliphatic heterocycles. The summed E-state index contributed by atoms with van der Waals surface area (Å²) in [7, 11) is -2.55. The number of hydrogen-bond acceptors (Lipinski definition) is 11. The maximum atomic E-state index is 13.7. The van der Waals surface area contributed by atoms with E-state index in [0.717, 1.165) is 5.56 Å². The van der Waals surface area contributed by atoms with Gasteiger partial charge in [0.25, 0.3) is 16.0 Å². The van der Waals surface area contributed by atoms with E-state index in [1.807, 2.05) is 6.92 Å². The summed E-state index contributed by atoms with van der Waals surface area (Å²) in [6, 6.07) is 12.3. The zero-order chi connectivity index (χ0) is 30.6. The molecule has 2 aromatic carbocycles. The Morgan fingerprint density at radius 3 is 2.56 bits per heavy atom. The highest BCUT2D eigenvalue weighted by atomic mass is 32.2. The Balaban J connectivity index is 1.12. The number of halogens is 1. The number of carbonyl (C=O) groups excluding carboxylic acids is 1. The fourth-order valence-electron chi connectivity index (χ4n) is 4.47. The molecule has 0 spiro atoms. The molecule has 2 aliphatic rings. The molecule has 3 unspecified atom stereocenters. The molecule has 0 bridgehead atoms. The van der Waals surface area contributed by atoms with Crippen molar-refractivity contribution >= 4 is 21.7 Å². The molecule has 5 rings (SSSR count). The molecule has 3 atom stereocenters. The van der Waals surface area contributed by atoms with Gasteiger partial charge in [0, 0.05) is 13.0 Å². The van der Waals surface area contributed by atoms with Gasteiger partial charge in [0.1, 0.15) is 29.4 Å². The highest BCUT2D eigenvalue weighted by Gasteiger charge is 2.36. The van der Waals surface area contributed by atoms with Gasteiger partial charge in [-0.1, -0.05) is 28.9 Å². The van der Waals surface area contributed by atoms with Crippen molar-refractivity contribution in [2.24, 2.45) is 5.16 Å². The van der Waals surface area contributed by atoms with Crippen molar-refractivity contribution in [1.82, 2.24) is 15.3 Å². The lowest BCUT2D eigenvalue weighted by molar-refractivity contribution is -0.176. The quantitative estimate of drug-likeness (QED) is 0.338. The second-order valence-electron chi connectivity index (χ2n) is 10.1. The molecular formula is C29H31FN4O8S. The van der Waals surface area contributed by atoms with Crippen molar-refractivity contribution in [3.63, 3.8) is 0 Å². The maximum Gasteiger partial charge on any atom is 0.297 e. The number of nitrogens with one attached hydrogen (secondary N) is 1. The van der Waals surface area contributed by atoms with E-state index in [4.69, 9.17) is 23.2 Å². The number of aryl methyl sites for hydroxylation is 2. The fourth-order valence-corrected chi connectivity index (χ4v) is 5.41. The minimum Gasteiger partial charge on any atom is -0.494 e. The molecule has 14 heteroatoms. The number of carbonyl (C=O) groups is 1. The molecule has 43 heavy (non-hydrogen) atoms. The van der Waals surface area contributed by atoms with E-state index in [9.17, 15) is 17.6 Å². The predicted octanol–water partition coefficient (Wildman–Crippen LogP) is 2.85. The van der Waals surface area contributed by atoms with E-state index in [0.29, 0.717) is 29.2 Å². The number of hydrogen-bond donors (Lipinski definition) is 1. The fraction of sp³-hybridized carbons (Fsp3) is 0.379. The number of rotatable bonds is 10. The van der Waals surface area contributed by atoms with Gasteiger partial charge in [0.05, 0.1) is 37.5 Å². The summed E-state index contributed by atoms with van der Waals surface area (Å²) in [6.45, 7) is 3.75. The topological polar surface area (TPSA) is 148 Å². The van der Waals surface area contributed by atoms with Gasteiger partial charge in [-0.3, -0.25) is 8.98 Å². The zero-order valence-electron chi connectivity index (χ0n) is 23.8. The molecule has 3 heterocycles. The second kappa shape index (κ2) is 13.1. The number of amides is 1. The Kier molecular flexibility index (Phi) is 9.30. The standard InChI is InChI=1S/C29H31FN4O8S/c1-17-4-7-21(8-5-17)43(36,37)41-15-20-14-40-28(16-39-20)27-12-24(34-42-27)23-11-25(33-18(2)32-23)29(35)31-13-19-6-9-22(30)26(10-19)38-3/h4-11,20,27-28H,12-16H2,1-3H3,(H,31,35). The van der Waals surface area contributed by atoms with Crippen LogP contribution in [-0.2, 0) is 35.2 Å². The predicted molar refractivity (Wildman–Crippen MR) is 151 cm³/mol. The first-order valence-corrected chi connectivity index (χ1v) is 14.9. The van der Waals surface area contributed by atoms with Crippen LogP contribution in [0.2, 0.25) is 0 Å². The summed E-state index contributed by atoms with van der Waals surface area (Å²) in [6.07, 6.45) is -1.14. The molecule has 1 amide bonds. The molecule has 0 radical (unpaired) electrons. The molecule has 1 saturated heterocycles. The molecule has 12 nitrogen and oxygen atoms in total. The van der Waals surface area contributed by atoms with Crippen molar-refractivity contribution in [1.29, 1.82) is 0 Å². The maximum absolute atomic E-state index is 13.7. The van der Waals surface area contributed by atoms with E-state index < -0.39 is 40.2 Å². The van der Waals surface area contributed by atoms with E-state index in [1.165, 1.54) is 37.4 Å². The Morgan fingerprint density at radius 2 is 1.84 bits per heavy atom. The molecule has 1 aromatic heterocycles. The van der Waals surface area contributed by atoms with Crippen LogP contribution in [0.15, 0.2) is 58.6 Å². The van der Waals surface area contributed by atoms with Gasteiger partial charge in [-0.05, 0) is 49.7 Å². The van der Waals surface area contributed by atoms with Gasteiger partial charge < -0.3 is 24.4 Å². The molecule has 0 aliphatic carbocycles. The number of aromatic nitrogens is 2. The number of benzene rings is 2. The lowest BCUT2D eigenvalue weighted by Crippen LogP contribution is -2.44. The van der Waals surface area contributed by atoms with Gasteiger partial charge in [0.15, 0.2) is 17.7 Å². The lowest BCUT2D eigenvalue weighted by atomic mass is 10.0. The van der Waals surface area contributed by atoms with Crippen molar-refractivity contribution in [2.75, 3.05) is 26.9 Å². The smallest absolute Gasteiger partial charge is 0.297 e. The van der Waals surface area contributed by atoms with E-state index >= 15 is 0 Å². The third-order valence-corrected chi connectivity index (χ3v) is 8.15. The Hall–Kier alpha value is -3.98.